The Hall–Kier alpha value is -3.49. The Labute approximate surface area is 207 Å². The number of fused-ring (bicyclic) bond motifs is 2. The van der Waals surface area contributed by atoms with Gasteiger partial charge in [-0.1, -0.05) is 11.6 Å². The summed E-state index contributed by atoms with van der Waals surface area (Å²) in [5, 5.41) is 8.36. The van der Waals surface area contributed by atoms with Crippen LogP contribution in [-0.2, 0) is 11.8 Å². The zero-order valence-corrected chi connectivity index (χ0v) is 20.1. The van der Waals surface area contributed by atoms with Gasteiger partial charge in [0, 0.05) is 24.1 Å². The van der Waals surface area contributed by atoms with Crippen LogP contribution in [0.1, 0.15) is 17.8 Å². The van der Waals surface area contributed by atoms with Gasteiger partial charge in [-0.05, 0) is 25.1 Å². The molecule has 3 amide bonds. The third kappa shape index (κ3) is 3.64. The minimum atomic E-state index is -1.08. The van der Waals surface area contributed by atoms with Gasteiger partial charge >= 0.3 is 6.03 Å². The summed E-state index contributed by atoms with van der Waals surface area (Å²) in [6.07, 6.45) is 4.67. The normalized spacial score (nSPS) is 19.8. The molecule has 3 aromatic rings. The number of benzene rings is 1. The van der Waals surface area contributed by atoms with E-state index in [1.54, 1.807) is 30.8 Å². The average molecular weight is 515 g/mol. The number of halogens is 3. The number of nitriles is 1. The number of thioether (sulfide) groups is 1. The van der Waals surface area contributed by atoms with Crippen molar-refractivity contribution >= 4 is 56.9 Å². The number of aryl methyl sites for hydroxylation is 2. The Bertz CT molecular complexity index is 1480. The highest BCUT2D eigenvalue weighted by molar-refractivity contribution is 8.09. The first-order chi connectivity index (χ1) is 16.7. The van der Waals surface area contributed by atoms with Gasteiger partial charge in [0.1, 0.15) is 16.6 Å². The van der Waals surface area contributed by atoms with Gasteiger partial charge in [0.2, 0.25) is 0 Å². The van der Waals surface area contributed by atoms with Gasteiger partial charge in [0.25, 0.3) is 5.91 Å². The number of imide groups is 1. The van der Waals surface area contributed by atoms with Crippen LogP contribution in [-0.4, -0.2) is 49.2 Å². The van der Waals surface area contributed by atoms with E-state index in [1.807, 2.05) is 6.07 Å². The summed E-state index contributed by atoms with van der Waals surface area (Å²) in [4.78, 5) is 38.9. The van der Waals surface area contributed by atoms with Gasteiger partial charge in [-0.2, -0.15) is 5.26 Å². The first-order valence-corrected chi connectivity index (χ1v) is 11.8. The quantitative estimate of drug-likeness (QED) is 0.478. The van der Waals surface area contributed by atoms with Crippen LogP contribution >= 0.6 is 23.4 Å². The highest BCUT2D eigenvalue weighted by Crippen LogP contribution is 2.47. The number of nitrogens with zero attached hydrogens (tertiary/aromatic N) is 6. The van der Waals surface area contributed by atoms with Crippen molar-refractivity contribution in [2.45, 2.75) is 24.6 Å². The summed E-state index contributed by atoms with van der Waals surface area (Å²) in [5.41, 5.74) is 1.60. The molecule has 1 fully saturated rings. The molecule has 1 saturated heterocycles. The maximum atomic E-state index is 14.0. The smallest absolute Gasteiger partial charge is 0.330 e. The Kier molecular flexibility index (Phi) is 5.73. The molecule has 0 saturated carbocycles. The van der Waals surface area contributed by atoms with Crippen LogP contribution < -0.4 is 4.90 Å². The highest BCUT2D eigenvalue weighted by Gasteiger charge is 2.50. The number of hydrogen-bond acceptors (Lipinski definition) is 6. The Morgan fingerprint density at radius 3 is 2.71 bits per heavy atom. The van der Waals surface area contributed by atoms with E-state index in [2.05, 4.69) is 9.97 Å². The maximum Gasteiger partial charge on any atom is 0.332 e. The van der Waals surface area contributed by atoms with Gasteiger partial charge < -0.3 is 9.47 Å². The minimum absolute atomic E-state index is 0.0140. The summed E-state index contributed by atoms with van der Waals surface area (Å²) in [6.45, 7) is 1.87. The molecule has 2 aromatic heterocycles. The van der Waals surface area contributed by atoms with Crippen LogP contribution in [0.5, 0.6) is 0 Å². The molecular weight excluding hydrogens is 498 g/mol. The predicted molar refractivity (Wildman–Crippen MR) is 128 cm³/mol. The lowest BCUT2D eigenvalue weighted by Crippen LogP contribution is -2.62. The van der Waals surface area contributed by atoms with Crippen LogP contribution in [0.4, 0.5) is 19.3 Å². The third-order valence-electron chi connectivity index (χ3n) is 6.11. The molecule has 1 aromatic carbocycles. The Morgan fingerprint density at radius 1 is 1.23 bits per heavy atom. The summed E-state index contributed by atoms with van der Waals surface area (Å²) >= 11 is 7.29. The first-order valence-electron chi connectivity index (χ1n) is 10.5. The van der Waals surface area contributed by atoms with E-state index in [1.165, 1.54) is 11.1 Å². The molecule has 0 bridgehead atoms. The fraction of sp³-hybridized carbons (Fsp3) is 0.261. The monoisotopic (exact) mass is 514 g/mol. The molecule has 178 valence electrons. The van der Waals surface area contributed by atoms with E-state index >= 15 is 0 Å². The number of rotatable bonds is 4. The van der Waals surface area contributed by atoms with Gasteiger partial charge in [0.05, 0.1) is 47.2 Å². The predicted octanol–water partition coefficient (Wildman–Crippen LogP) is 4.42. The van der Waals surface area contributed by atoms with E-state index in [-0.39, 0.29) is 29.2 Å². The number of aromatic nitrogens is 3. The van der Waals surface area contributed by atoms with Crippen molar-refractivity contribution in [1.29, 1.82) is 5.26 Å². The molecule has 4 heterocycles. The second kappa shape index (κ2) is 8.62. The summed E-state index contributed by atoms with van der Waals surface area (Å²) in [7, 11) is 1.78. The van der Waals surface area contributed by atoms with Gasteiger partial charge in [0.15, 0.2) is 11.6 Å². The van der Waals surface area contributed by atoms with Gasteiger partial charge in [-0.25, -0.2) is 23.5 Å². The zero-order valence-electron chi connectivity index (χ0n) is 18.5. The van der Waals surface area contributed by atoms with Crippen molar-refractivity contribution in [3.05, 3.63) is 58.6 Å². The molecular formula is C23H17ClF2N6O2S. The number of carbonyl (C=O) groups is 2. The number of urea groups is 1. The van der Waals surface area contributed by atoms with Crippen molar-refractivity contribution in [2.24, 2.45) is 7.05 Å². The van der Waals surface area contributed by atoms with E-state index in [0.29, 0.717) is 21.8 Å². The van der Waals surface area contributed by atoms with Crippen LogP contribution in [0.3, 0.4) is 0 Å². The molecule has 2 aliphatic rings. The SMILES string of the molecule is Cc1nc2cncc(N3C(=O)C4SC(c5cc(F)c(F)cc5Cl)=CC4N(CCC#N)C3=O)c2n1C. The first kappa shape index (κ1) is 23.3. The second-order valence-electron chi connectivity index (χ2n) is 8.11. The molecule has 0 radical (unpaired) electrons. The molecule has 0 aliphatic carbocycles. The Morgan fingerprint density at radius 2 is 1.97 bits per heavy atom. The van der Waals surface area contributed by atoms with Crippen molar-refractivity contribution in [3.63, 3.8) is 0 Å². The van der Waals surface area contributed by atoms with Crippen LogP contribution in [0.2, 0.25) is 5.02 Å². The van der Waals surface area contributed by atoms with Crippen molar-refractivity contribution in [3.8, 4) is 6.07 Å². The molecule has 8 nitrogen and oxygen atoms in total. The second-order valence-corrected chi connectivity index (χ2v) is 9.70. The van der Waals surface area contributed by atoms with Crippen molar-refractivity contribution < 1.29 is 18.4 Å². The molecule has 0 N–H and O–H groups in total. The van der Waals surface area contributed by atoms with E-state index in [4.69, 9.17) is 16.9 Å². The maximum absolute atomic E-state index is 14.0. The fourth-order valence-corrected chi connectivity index (χ4v) is 6.02. The molecule has 2 unspecified atom stereocenters. The lowest BCUT2D eigenvalue weighted by molar-refractivity contribution is -0.119. The van der Waals surface area contributed by atoms with Gasteiger partial charge in [-0.15, -0.1) is 11.8 Å². The van der Waals surface area contributed by atoms with Crippen LogP contribution in [0.25, 0.3) is 15.9 Å². The summed E-state index contributed by atoms with van der Waals surface area (Å²) in [6, 6.07) is 2.58. The molecule has 0 spiro atoms. The number of imidazole rings is 1. The zero-order chi connectivity index (χ0) is 25.0. The number of pyridine rings is 1. The number of carbonyl (C=O) groups excluding carboxylic acids is 2. The van der Waals surface area contributed by atoms with Crippen molar-refractivity contribution in [2.75, 3.05) is 11.4 Å². The molecule has 2 atom stereocenters. The fourth-order valence-electron chi connectivity index (χ4n) is 4.35. The molecule has 2 aliphatic heterocycles. The topological polar surface area (TPSA) is 95.1 Å². The summed E-state index contributed by atoms with van der Waals surface area (Å²) < 4.78 is 29.4. The minimum Gasteiger partial charge on any atom is -0.330 e. The highest BCUT2D eigenvalue weighted by atomic mass is 35.5. The molecule has 12 heteroatoms. The van der Waals surface area contributed by atoms with E-state index in [9.17, 15) is 18.4 Å². The molecule has 5 rings (SSSR count). The van der Waals surface area contributed by atoms with Crippen LogP contribution in [0, 0.1) is 29.9 Å². The average Bonchev–Trinajstić information content (AvgIpc) is 3.38. The van der Waals surface area contributed by atoms with Crippen LogP contribution in [0.15, 0.2) is 30.6 Å². The third-order valence-corrected chi connectivity index (χ3v) is 7.77. The van der Waals surface area contributed by atoms with E-state index in [0.717, 1.165) is 28.8 Å². The largest absolute Gasteiger partial charge is 0.332 e. The number of hydrogen-bond donors (Lipinski definition) is 0. The number of amides is 3. The van der Waals surface area contributed by atoms with Gasteiger partial charge in [-0.3, -0.25) is 9.78 Å². The molecule has 35 heavy (non-hydrogen) atoms. The lowest BCUT2D eigenvalue weighted by atomic mass is 10.0. The van der Waals surface area contributed by atoms with E-state index < -0.39 is 34.9 Å². The lowest BCUT2D eigenvalue weighted by Gasteiger charge is -2.40. The van der Waals surface area contributed by atoms with Crippen molar-refractivity contribution in [1.82, 2.24) is 19.4 Å². The summed E-state index contributed by atoms with van der Waals surface area (Å²) in [5.74, 6) is -1.97. The number of anilines is 1. The standard InChI is InChI=1S/C23H17ClF2N6O2S/c1-11-29-16-9-28-10-18(20(16)30(11)2)32-22(33)21-17(31(23(32)34)5-3-4-27)8-19(35-21)12-6-14(25)15(26)7-13(12)24/h6-10,17,21H,3,5H2,1-2H3. The Balaban J connectivity index is 1.61.